The summed E-state index contributed by atoms with van der Waals surface area (Å²) in [5.41, 5.74) is -0.234. The summed E-state index contributed by atoms with van der Waals surface area (Å²) >= 11 is 3.81. The third-order valence-corrected chi connectivity index (χ3v) is 14.2. The van der Waals surface area contributed by atoms with Gasteiger partial charge in [-0.3, -0.25) is 9.59 Å². The second kappa shape index (κ2) is 7.57. The molecule has 0 aliphatic heterocycles. The zero-order valence-electron chi connectivity index (χ0n) is 22.5. The van der Waals surface area contributed by atoms with Crippen molar-refractivity contribution in [1.82, 2.24) is 0 Å². The largest absolute Gasteiger partial charge is 0.481 e. The van der Waals surface area contributed by atoms with Crippen LogP contribution in [0.25, 0.3) is 0 Å². The van der Waals surface area contributed by atoms with Gasteiger partial charge in [0.1, 0.15) is 0 Å². The second-order valence-electron chi connectivity index (χ2n) is 14.9. The Balaban J connectivity index is 1.57. The van der Waals surface area contributed by atoms with E-state index in [1.54, 1.807) is 0 Å². The molecular weight excluding hydrogens is 488 g/mol. The highest BCUT2D eigenvalue weighted by Crippen LogP contribution is 2.77. The highest BCUT2D eigenvalue weighted by molar-refractivity contribution is 9.10. The highest BCUT2D eigenvalue weighted by Gasteiger charge is 2.72. The molecule has 1 N–H and O–H groups in total. The van der Waals surface area contributed by atoms with Crippen molar-refractivity contribution in [3.8, 4) is 0 Å². The minimum atomic E-state index is -0.514. The number of aliphatic carboxylic acids is 1. The number of halogens is 1. The van der Waals surface area contributed by atoms with E-state index in [4.69, 9.17) is 0 Å². The molecule has 5 aliphatic rings. The van der Waals surface area contributed by atoms with Gasteiger partial charge in [-0.1, -0.05) is 64.4 Å². The van der Waals surface area contributed by atoms with Crippen LogP contribution in [0.15, 0.2) is 0 Å². The van der Waals surface area contributed by atoms with Crippen LogP contribution in [-0.2, 0) is 9.59 Å². The van der Waals surface area contributed by atoms with Crippen LogP contribution in [0.2, 0.25) is 0 Å². The van der Waals surface area contributed by atoms with E-state index in [1.807, 2.05) is 0 Å². The summed E-state index contributed by atoms with van der Waals surface area (Å²) in [6, 6.07) is 0. The number of carbonyl (C=O) groups excluding carboxylic acids is 1. The van der Waals surface area contributed by atoms with Crippen molar-refractivity contribution in [1.29, 1.82) is 0 Å². The normalized spacial score (nSPS) is 54.1. The van der Waals surface area contributed by atoms with Crippen LogP contribution < -0.4 is 0 Å². The number of carboxylic acid groups (broad SMARTS) is 1. The molecule has 5 rings (SSSR count). The molecule has 192 valence electrons. The van der Waals surface area contributed by atoms with E-state index in [-0.39, 0.29) is 26.5 Å². The number of hydrogen-bond acceptors (Lipinski definition) is 2. The Morgan fingerprint density at radius 2 is 1.59 bits per heavy atom. The monoisotopic (exact) mass is 534 g/mol. The molecule has 9 unspecified atom stereocenters. The molecule has 0 amide bonds. The summed E-state index contributed by atoms with van der Waals surface area (Å²) in [5, 5.41) is 10.5. The molecule has 5 saturated carbocycles. The third kappa shape index (κ3) is 2.87. The summed E-state index contributed by atoms with van der Waals surface area (Å²) in [4.78, 5) is 26.0. The Morgan fingerprint density at radius 3 is 2.21 bits per heavy atom. The molecule has 0 radical (unpaired) electrons. The minimum Gasteiger partial charge on any atom is -0.481 e. The fraction of sp³-hybridized carbons (Fsp3) is 0.933. The number of rotatable bonds is 2. The second-order valence-corrected chi connectivity index (χ2v) is 16.0. The number of hydrogen-bond donors (Lipinski definition) is 1. The zero-order valence-corrected chi connectivity index (χ0v) is 24.1. The summed E-state index contributed by atoms with van der Waals surface area (Å²) < 4.78 is 0. The van der Waals surface area contributed by atoms with Gasteiger partial charge in [0.05, 0.1) is 10.2 Å². The standard InChI is InChI=1S/C30H47BrO3/c1-17(2)18-10-13-30(25(33)34)15-14-28(6)19(23(18)30)8-9-22-27(5)16-20(31)24(32)26(3,4)21(27)11-12-29(22,28)7/h17-23H,8-16H2,1-7H3,(H,33,34)/t18?,19?,20?,21?,22?,23?,27?,28-,29?,30?/m1/s1. The minimum absolute atomic E-state index is 0.0391. The maximum atomic E-state index is 13.2. The topological polar surface area (TPSA) is 54.4 Å². The van der Waals surface area contributed by atoms with Gasteiger partial charge in [-0.2, -0.15) is 0 Å². The van der Waals surface area contributed by atoms with Gasteiger partial charge < -0.3 is 5.11 Å². The lowest BCUT2D eigenvalue weighted by molar-refractivity contribution is -0.236. The summed E-state index contributed by atoms with van der Waals surface area (Å²) in [6.07, 6.45) is 9.52. The van der Waals surface area contributed by atoms with Crippen LogP contribution in [0.1, 0.15) is 106 Å². The fourth-order valence-electron chi connectivity index (χ4n) is 11.7. The molecule has 0 aromatic carbocycles. The number of fused-ring (bicyclic) bond motifs is 7. The molecule has 5 aliphatic carbocycles. The Kier molecular flexibility index (Phi) is 5.63. The molecule has 0 saturated heterocycles. The van der Waals surface area contributed by atoms with E-state index in [1.165, 1.54) is 19.3 Å². The summed E-state index contributed by atoms with van der Waals surface area (Å²) in [7, 11) is 0. The van der Waals surface area contributed by atoms with E-state index >= 15 is 0 Å². The van der Waals surface area contributed by atoms with Crippen LogP contribution in [-0.4, -0.2) is 21.7 Å². The molecule has 3 nitrogen and oxygen atoms in total. The molecule has 5 fully saturated rings. The average Bonchev–Trinajstić information content (AvgIpc) is 3.14. The lowest BCUT2D eigenvalue weighted by Gasteiger charge is -2.72. The van der Waals surface area contributed by atoms with Crippen LogP contribution >= 0.6 is 15.9 Å². The van der Waals surface area contributed by atoms with Gasteiger partial charge in [-0.05, 0) is 110 Å². The van der Waals surface area contributed by atoms with Crippen molar-refractivity contribution >= 4 is 27.7 Å². The molecular formula is C30H47BrO3. The quantitative estimate of drug-likeness (QED) is 0.368. The molecule has 0 aromatic rings. The Bertz CT molecular complexity index is 895. The van der Waals surface area contributed by atoms with E-state index < -0.39 is 11.4 Å². The molecule has 0 heterocycles. The molecule has 0 bridgehead atoms. The first-order valence-electron chi connectivity index (χ1n) is 14.1. The third-order valence-electron chi connectivity index (χ3n) is 13.4. The average molecular weight is 536 g/mol. The van der Waals surface area contributed by atoms with E-state index in [9.17, 15) is 14.7 Å². The van der Waals surface area contributed by atoms with Crippen molar-refractivity contribution in [2.45, 2.75) is 111 Å². The Morgan fingerprint density at radius 1 is 0.912 bits per heavy atom. The predicted molar refractivity (Wildman–Crippen MR) is 140 cm³/mol. The first-order valence-corrected chi connectivity index (χ1v) is 15.0. The Hall–Kier alpha value is -0.380. The van der Waals surface area contributed by atoms with Gasteiger partial charge in [0.15, 0.2) is 5.78 Å². The molecule has 4 heteroatoms. The van der Waals surface area contributed by atoms with Crippen molar-refractivity contribution in [3.05, 3.63) is 0 Å². The van der Waals surface area contributed by atoms with Crippen molar-refractivity contribution in [3.63, 3.8) is 0 Å². The predicted octanol–water partition coefficient (Wildman–Crippen LogP) is 7.75. The number of ketones is 1. The van der Waals surface area contributed by atoms with Crippen LogP contribution in [0, 0.1) is 62.6 Å². The van der Waals surface area contributed by atoms with Gasteiger partial charge in [-0.25, -0.2) is 0 Å². The SMILES string of the molecule is CC(C)C1CCC2(C(=O)O)CC[C@]3(C)C(CCC4C5(C)CC(Br)C(=O)C(C)(C)C5CCC43C)C12. The maximum absolute atomic E-state index is 13.2. The highest BCUT2D eigenvalue weighted by atomic mass is 79.9. The number of Topliss-reactive ketones (excluding diaryl/α,β-unsaturated/α-hetero) is 1. The fourth-order valence-corrected chi connectivity index (χ4v) is 12.9. The number of alkyl halides is 1. The smallest absolute Gasteiger partial charge is 0.309 e. The maximum Gasteiger partial charge on any atom is 0.309 e. The van der Waals surface area contributed by atoms with Crippen molar-refractivity contribution in [2.75, 3.05) is 0 Å². The van der Waals surface area contributed by atoms with Crippen LogP contribution in [0.5, 0.6) is 0 Å². The summed E-state index contributed by atoms with van der Waals surface area (Å²) in [5.74, 6) is 2.83. The zero-order chi connectivity index (χ0) is 25.1. The number of carboxylic acids is 1. The van der Waals surface area contributed by atoms with Gasteiger partial charge in [0.2, 0.25) is 0 Å². The van der Waals surface area contributed by atoms with Gasteiger partial charge >= 0.3 is 5.97 Å². The van der Waals surface area contributed by atoms with E-state index in [0.717, 1.165) is 38.5 Å². The van der Waals surface area contributed by atoms with Crippen LogP contribution in [0.3, 0.4) is 0 Å². The lowest BCUT2D eigenvalue weighted by Crippen LogP contribution is -2.67. The molecule has 0 aromatic heterocycles. The van der Waals surface area contributed by atoms with Crippen molar-refractivity contribution < 1.29 is 14.7 Å². The summed E-state index contributed by atoms with van der Waals surface area (Å²) in [6.45, 7) is 16.7. The number of carbonyl (C=O) groups is 2. The molecule has 34 heavy (non-hydrogen) atoms. The van der Waals surface area contributed by atoms with Crippen LogP contribution in [0.4, 0.5) is 0 Å². The molecule has 0 spiro atoms. The first kappa shape index (κ1) is 25.3. The van der Waals surface area contributed by atoms with E-state index in [2.05, 4.69) is 64.4 Å². The lowest BCUT2D eigenvalue weighted by atomic mass is 9.32. The van der Waals surface area contributed by atoms with E-state index in [0.29, 0.717) is 41.3 Å². The molecule has 10 atom stereocenters. The van der Waals surface area contributed by atoms with Gasteiger partial charge in [0, 0.05) is 5.41 Å². The van der Waals surface area contributed by atoms with Crippen molar-refractivity contribution in [2.24, 2.45) is 62.6 Å². The Labute approximate surface area is 215 Å². The first-order chi connectivity index (χ1) is 15.7. The van der Waals surface area contributed by atoms with Gasteiger partial charge in [-0.15, -0.1) is 0 Å². The van der Waals surface area contributed by atoms with Gasteiger partial charge in [0.25, 0.3) is 0 Å².